The molecule has 1 fully saturated rings. The zero-order chi connectivity index (χ0) is 14.8. The van der Waals surface area contributed by atoms with Gasteiger partial charge in [0.05, 0.1) is 18.9 Å². The molecule has 5 nitrogen and oxygen atoms in total. The van der Waals surface area contributed by atoms with Gasteiger partial charge >= 0.3 is 6.01 Å². The molecule has 0 N–H and O–H groups in total. The van der Waals surface area contributed by atoms with Crippen LogP contribution in [0.4, 0.5) is 4.39 Å². The second kappa shape index (κ2) is 5.73. The minimum absolute atomic E-state index is 0.117. The topological polar surface area (TPSA) is 55.3 Å². The second-order valence-corrected chi connectivity index (χ2v) is 6.07. The Morgan fingerprint density at radius 3 is 2.65 bits per heavy atom. The van der Waals surface area contributed by atoms with Crippen LogP contribution in [-0.4, -0.2) is 40.0 Å². The molecule has 20 heavy (non-hydrogen) atoms. The summed E-state index contributed by atoms with van der Waals surface area (Å²) < 4.78 is 18.4. The summed E-state index contributed by atoms with van der Waals surface area (Å²) in [5.41, 5.74) is -0.395. The summed E-state index contributed by atoms with van der Waals surface area (Å²) in [6.45, 7) is 6.99. The second-order valence-electron chi connectivity index (χ2n) is 6.07. The Bertz CT molecular complexity index is 470. The van der Waals surface area contributed by atoms with Crippen molar-refractivity contribution in [3.05, 3.63) is 18.2 Å². The number of hydrogen-bond acceptors (Lipinski definition) is 4. The molecule has 1 atom stereocenters. The summed E-state index contributed by atoms with van der Waals surface area (Å²) in [5.74, 6) is -0.378. The number of nitrogens with zero attached hydrogens (tertiary/aromatic N) is 3. The summed E-state index contributed by atoms with van der Waals surface area (Å²) >= 11 is 0. The van der Waals surface area contributed by atoms with Crippen LogP contribution in [0.2, 0.25) is 0 Å². The molecule has 1 aliphatic rings. The molecule has 0 aliphatic carbocycles. The highest BCUT2D eigenvalue weighted by molar-refractivity contribution is 5.81. The monoisotopic (exact) mass is 281 g/mol. The minimum atomic E-state index is -0.495. The first-order valence-electron chi connectivity index (χ1n) is 6.80. The van der Waals surface area contributed by atoms with E-state index < -0.39 is 11.2 Å². The molecule has 0 radical (unpaired) electrons. The zero-order valence-electron chi connectivity index (χ0n) is 12.1. The molecule has 2 heterocycles. The molecule has 1 aliphatic heterocycles. The van der Waals surface area contributed by atoms with Crippen molar-refractivity contribution in [2.24, 2.45) is 5.41 Å². The van der Waals surface area contributed by atoms with Crippen LogP contribution < -0.4 is 4.74 Å². The first-order chi connectivity index (χ1) is 9.36. The molecule has 1 aromatic heterocycles. The van der Waals surface area contributed by atoms with Crippen molar-refractivity contribution in [3.8, 4) is 6.01 Å². The Morgan fingerprint density at radius 1 is 1.40 bits per heavy atom. The lowest BCUT2D eigenvalue weighted by atomic mass is 9.93. The number of amides is 1. The quantitative estimate of drug-likeness (QED) is 0.832. The molecule has 6 heteroatoms. The molecular weight excluding hydrogens is 261 g/mol. The van der Waals surface area contributed by atoms with Gasteiger partial charge in [0.15, 0.2) is 5.82 Å². The highest BCUT2D eigenvalue weighted by Gasteiger charge is 2.31. The molecule has 0 bridgehead atoms. The van der Waals surface area contributed by atoms with E-state index in [-0.39, 0.29) is 18.0 Å². The van der Waals surface area contributed by atoms with E-state index in [1.54, 1.807) is 0 Å². The third-order valence-electron chi connectivity index (χ3n) is 3.18. The van der Waals surface area contributed by atoms with Crippen molar-refractivity contribution >= 4 is 5.91 Å². The van der Waals surface area contributed by atoms with Gasteiger partial charge in [0.1, 0.15) is 6.10 Å². The van der Waals surface area contributed by atoms with Gasteiger partial charge in [-0.15, -0.1) is 0 Å². The van der Waals surface area contributed by atoms with Crippen LogP contribution in [0, 0.1) is 11.2 Å². The van der Waals surface area contributed by atoms with Crippen LogP contribution in [0.25, 0.3) is 0 Å². The summed E-state index contributed by atoms with van der Waals surface area (Å²) in [5, 5.41) is 0. The van der Waals surface area contributed by atoms with Gasteiger partial charge in [0.2, 0.25) is 5.91 Å². The number of piperidine rings is 1. The molecule has 0 aromatic carbocycles. The maximum atomic E-state index is 12.7. The SMILES string of the molecule is CC(C)(C)C(=O)N1CCCC(Oc2ncc(F)cn2)C1. The van der Waals surface area contributed by atoms with Gasteiger partial charge in [-0.05, 0) is 12.8 Å². The van der Waals surface area contributed by atoms with Crippen LogP contribution >= 0.6 is 0 Å². The van der Waals surface area contributed by atoms with Crippen LogP contribution in [0.3, 0.4) is 0 Å². The summed E-state index contributed by atoms with van der Waals surface area (Å²) in [6.07, 6.45) is 3.73. The van der Waals surface area contributed by atoms with Gasteiger partial charge in [-0.25, -0.2) is 14.4 Å². The predicted octanol–water partition coefficient (Wildman–Crippen LogP) is 2.03. The van der Waals surface area contributed by atoms with Crippen LogP contribution in [0.1, 0.15) is 33.6 Å². The fourth-order valence-corrected chi connectivity index (χ4v) is 2.20. The van der Waals surface area contributed by atoms with E-state index in [9.17, 15) is 9.18 Å². The van der Waals surface area contributed by atoms with E-state index in [2.05, 4.69) is 9.97 Å². The standard InChI is InChI=1S/C14H20FN3O2/c1-14(2,3)12(19)18-6-4-5-11(9-18)20-13-16-7-10(15)8-17-13/h7-8,11H,4-6,9H2,1-3H3. The van der Waals surface area contributed by atoms with E-state index in [0.717, 1.165) is 31.8 Å². The van der Waals surface area contributed by atoms with E-state index in [0.29, 0.717) is 6.54 Å². The van der Waals surface area contributed by atoms with E-state index >= 15 is 0 Å². The first-order valence-corrected chi connectivity index (χ1v) is 6.80. The fourth-order valence-electron chi connectivity index (χ4n) is 2.20. The Hall–Kier alpha value is -1.72. The van der Waals surface area contributed by atoms with Crippen molar-refractivity contribution in [2.75, 3.05) is 13.1 Å². The van der Waals surface area contributed by atoms with E-state index in [1.807, 2.05) is 25.7 Å². The number of aromatic nitrogens is 2. The normalized spacial score (nSPS) is 19.8. The predicted molar refractivity (Wildman–Crippen MR) is 71.7 cm³/mol. The number of hydrogen-bond donors (Lipinski definition) is 0. The minimum Gasteiger partial charge on any atom is -0.458 e. The molecule has 110 valence electrons. The van der Waals surface area contributed by atoms with Crippen molar-refractivity contribution in [1.29, 1.82) is 0 Å². The molecule has 0 spiro atoms. The van der Waals surface area contributed by atoms with Crippen LogP contribution in [-0.2, 0) is 4.79 Å². The van der Waals surface area contributed by atoms with Gasteiger partial charge in [0.25, 0.3) is 0 Å². The summed E-state index contributed by atoms with van der Waals surface area (Å²) in [4.78, 5) is 21.6. The third kappa shape index (κ3) is 3.65. The van der Waals surface area contributed by atoms with Gasteiger partial charge in [0, 0.05) is 12.0 Å². The lowest BCUT2D eigenvalue weighted by Crippen LogP contribution is -2.48. The number of ether oxygens (including phenoxy) is 1. The lowest BCUT2D eigenvalue weighted by molar-refractivity contribution is -0.142. The number of likely N-dealkylation sites (tertiary alicyclic amines) is 1. The molecule has 0 saturated carbocycles. The number of rotatable bonds is 2. The lowest BCUT2D eigenvalue weighted by Gasteiger charge is -2.36. The molecular formula is C14H20FN3O2. The van der Waals surface area contributed by atoms with Crippen molar-refractivity contribution in [2.45, 2.75) is 39.7 Å². The van der Waals surface area contributed by atoms with E-state index in [1.165, 1.54) is 0 Å². The number of carbonyl (C=O) groups excluding carboxylic acids is 1. The summed E-state index contributed by atoms with van der Waals surface area (Å²) in [6, 6.07) is 0.154. The van der Waals surface area contributed by atoms with Crippen molar-refractivity contribution in [1.82, 2.24) is 14.9 Å². The highest BCUT2D eigenvalue weighted by Crippen LogP contribution is 2.22. The average molecular weight is 281 g/mol. The smallest absolute Gasteiger partial charge is 0.316 e. The van der Waals surface area contributed by atoms with Crippen LogP contribution in [0.15, 0.2) is 12.4 Å². The highest BCUT2D eigenvalue weighted by atomic mass is 19.1. The van der Waals surface area contributed by atoms with Gasteiger partial charge in [-0.3, -0.25) is 4.79 Å². The summed E-state index contributed by atoms with van der Waals surface area (Å²) in [7, 11) is 0. The molecule has 1 saturated heterocycles. The third-order valence-corrected chi connectivity index (χ3v) is 3.18. The molecule has 1 aromatic rings. The Kier molecular flexibility index (Phi) is 4.20. The van der Waals surface area contributed by atoms with E-state index in [4.69, 9.17) is 4.74 Å². The number of halogens is 1. The molecule has 2 rings (SSSR count). The van der Waals surface area contributed by atoms with Gasteiger partial charge < -0.3 is 9.64 Å². The largest absolute Gasteiger partial charge is 0.458 e. The van der Waals surface area contributed by atoms with Gasteiger partial charge in [-0.1, -0.05) is 20.8 Å². The Morgan fingerprint density at radius 2 is 2.05 bits per heavy atom. The van der Waals surface area contributed by atoms with Crippen molar-refractivity contribution in [3.63, 3.8) is 0 Å². The first kappa shape index (κ1) is 14.7. The average Bonchev–Trinajstić information content (AvgIpc) is 2.40. The maximum Gasteiger partial charge on any atom is 0.316 e. The van der Waals surface area contributed by atoms with Crippen LogP contribution in [0.5, 0.6) is 6.01 Å². The van der Waals surface area contributed by atoms with Gasteiger partial charge in [-0.2, -0.15) is 0 Å². The zero-order valence-corrected chi connectivity index (χ0v) is 12.1. The molecule has 1 amide bonds. The van der Waals surface area contributed by atoms with Crippen molar-refractivity contribution < 1.29 is 13.9 Å². The Balaban J connectivity index is 1.97. The maximum absolute atomic E-state index is 12.7. The molecule has 1 unspecified atom stereocenters. The number of carbonyl (C=O) groups is 1. The fraction of sp³-hybridized carbons (Fsp3) is 0.643. The Labute approximate surface area is 118 Å².